The van der Waals surface area contributed by atoms with Crippen molar-refractivity contribution in [3.05, 3.63) is 53.1 Å². The third kappa shape index (κ3) is 7.20. The van der Waals surface area contributed by atoms with Gasteiger partial charge in [-0.15, -0.1) is 0 Å². The molecule has 9 nitrogen and oxygen atoms in total. The molecular formula is C28H39BN2O7. The molecule has 3 rings (SSSR count). The molecule has 0 heterocycles. The molecule has 1 aliphatic carbocycles. The van der Waals surface area contributed by atoms with Crippen molar-refractivity contribution in [2.45, 2.75) is 57.9 Å². The third-order valence-corrected chi connectivity index (χ3v) is 6.94. The van der Waals surface area contributed by atoms with E-state index < -0.39 is 25.0 Å². The summed E-state index contributed by atoms with van der Waals surface area (Å²) in [5.41, 5.74) is 2.81. The van der Waals surface area contributed by atoms with Gasteiger partial charge in [-0.3, -0.25) is 9.59 Å². The van der Waals surface area contributed by atoms with E-state index in [4.69, 9.17) is 14.2 Å². The fourth-order valence-electron chi connectivity index (χ4n) is 5.01. The highest BCUT2D eigenvalue weighted by Gasteiger charge is 2.34. The Morgan fingerprint density at radius 2 is 1.71 bits per heavy atom. The van der Waals surface area contributed by atoms with Crippen LogP contribution in [0.5, 0.6) is 17.2 Å². The van der Waals surface area contributed by atoms with Gasteiger partial charge >= 0.3 is 7.12 Å². The van der Waals surface area contributed by atoms with Gasteiger partial charge in [-0.25, -0.2) is 0 Å². The fraction of sp³-hybridized carbons (Fsp3) is 0.500. The van der Waals surface area contributed by atoms with Gasteiger partial charge in [0.25, 0.3) is 0 Å². The molecule has 2 aromatic carbocycles. The molecule has 4 N–H and O–H groups in total. The maximum Gasteiger partial charge on any atom is 0.475 e. The Hall–Kier alpha value is -3.24. The van der Waals surface area contributed by atoms with Crippen LogP contribution in [0.3, 0.4) is 0 Å². The number of hydrogen-bond acceptors (Lipinski definition) is 7. The van der Waals surface area contributed by atoms with Gasteiger partial charge in [0.15, 0.2) is 11.5 Å². The number of nitrogens with one attached hydrogen (secondary N) is 2. The van der Waals surface area contributed by atoms with Crippen molar-refractivity contribution >= 4 is 18.9 Å². The normalized spacial score (nSPS) is 16.2. The molecular weight excluding hydrogens is 487 g/mol. The van der Waals surface area contributed by atoms with Crippen LogP contribution in [0.2, 0.25) is 0 Å². The van der Waals surface area contributed by atoms with Crippen LogP contribution in [0.25, 0.3) is 0 Å². The third-order valence-electron chi connectivity index (χ3n) is 6.94. The lowest BCUT2D eigenvalue weighted by Crippen LogP contribution is -2.55. The van der Waals surface area contributed by atoms with Crippen LogP contribution in [0.4, 0.5) is 0 Å². The zero-order valence-corrected chi connectivity index (χ0v) is 22.8. The number of benzene rings is 2. The summed E-state index contributed by atoms with van der Waals surface area (Å²) >= 11 is 0. The Morgan fingerprint density at radius 1 is 1.03 bits per heavy atom. The number of ether oxygens (including phenoxy) is 3. The number of methoxy groups -OCH3 is 3. The summed E-state index contributed by atoms with van der Waals surface area (Å²) < 4.78 is 16.6. The Morgan fingerprint density at radius 3 is 2.29 bits per heavy atom. The average molecular weight is 526 g/mol. The number of aryl methyl sites for hydroxylation is 1. The topological polar surface area (TPSA) is 126 Å². The molecule has 38 heavy (non-hydrogen) atoms. The van der Waals surface area contributed by atoms with Crippen molar-refractivity contribution in [3.8, 4) is 17.2 Å². The highest BCUT2D eigenvalue weighted by molar-refractivity contribution is 6.43. The van der Waals surface area contributed by atoms with Crippen LogP contribution in [-0.4, -0.2) is 62.3 Å². The van der Waals surface area contributed by atoms with Gasteiger partial charge in [-0.05, 0) is 48.8 Å². The van der Waals surface area contributed by atoms with Crippen LogP contribution in [0, 0.1) is 11.8 Å². The van der Waals surface area contributed by atoms with Gasteiger partial charge in [0.05, 0.1) is 27.3 Å². The Balaban J connectivity index is 1.82. The fourth-order valence-corrected chi connectivity index (χ4v) is 5.01. The lowest BCUT2D eigenvalue weighted by Gasteiger charge is -2.29. The second-order valence-electron chi connectivity index (χ2n) is 10.1. The minimum absolute atomic E-state index is 0.136. The van der Waals surface area contributed by atoms with Crippen molar-refractivity contribution in [3.63, 3.8) is 0 Å². The van der Waals surface area contributed by atoms with Crippen molar-refractivity contribution < 1.29 is 33.8 Å². The maximum absolute atomic E-state index is 13.5. The van der Waals surface area contributed by atoms with E-state index in [0.717, 1.165) is 16.7 Å². The van der Waals surface area contributed by atoms with Crippen LogP contribution in [0.15, 0.2) is 36.4 Å². The second kappa shape index (κ2) is 13.5. The van der Waals surface area contributed by atoms with Crippen molar-refractivity contribution in [2.24, 2.45) is 11.8 Å². The van der Waals surface area contributed by atoms with Gasteiger partial charge in [0.1, 0.15) is 6.04 Å². The summed E-state index contributed by atoms with van der Waals surface area (Å²) in [4.78, 5) is 26.8. The number of fused-ring (bicyclic) bond motifs is 1. The standard InChI is InChI=1S/C28H39BN2O7/c1-17(2)13-24(29(34)35)31-28(33)22(14-18-9-7-6-8-10-18)30-27(32)20-12-11-19-16-23(36-3)26(38-5)25(37-4)21(19)15-20/h6-10,16-17,20,22,24,34-35H,11-15H2,1-5H3,(H,30,32)(H,31,33)/t20?,22-,24?/m0/s1. The van der Waals surface area contributed by atoms with Crippen LogP contribution < -0.4 is 24.8 Å². The summed E-state index contributed by atoms with van der Waals surface area (Å²) in [5, 5.41) is 25.3. The monoisotopic (exact) mass is 526 g/mol. The first-order valence-electron chi connectivity index (χ1n) is 13.0. The summed E-state index contributed by atoms with van der Waals surface area (Å²) in [7, 11) is 2.97. The molecule has 10 heteroatoms. The molecule has 0 aromatic heterocycles. The first-order valence-corrected chi connectivity index (χ1v) is 13.0. The van der Waals surface area contributed by atoms with Gasteiger partial charge in [-0.1, -0.05) is 44.2 Å². The largest absolute Gasteiger partial charge is 0.493 e. The van der Waals surface area contributed by atoms with E-state index >= 15 is 0 Å². The van der Waals surface area contributed by atoms with Gasteiger partial charge in [-0.2, -0.15) is 0 Å². The number of carbonyl (C=O) groups is 2. The van der Waals surface area contributed by atoms with Gasteiger partial charge < -0.3 is 34.9 Å². The quantitative estimate of drug-likeness (QED) is 0.312. The van der Waals surface area contributed by atoms with Crippen molar-refractivity contribution in [1.82, 2.24) is 10.6 Å². The molecule has 0 saturated carbocycles. The Labute approximate surface area is 225 Å². The molecule has 2 unspecified atom stereocenters. The van der Waals surface area contributed by atoms with E-state index in [9.17, 15) is 19.6 Å². The number of amides is 2. The SMILES string of the molecule is COc1cc2c(c(OC)c1OC)CC(C(=O)N[C@@H](Cc1ccccc1)C(=O)NC(CC(C)C)B(O)O)CC2. The molecule has 2 amide bonds. The highest BCUT2D eigenvalue weighted by atomic mass is 16.5. The lowest BCUT2D eigenvalue weighted by atomic mass is 9.75. The molecule has 0 spiro atoms. The predicted octanol–water partition coefficient (Wildman–Crippen LogP) is 2.09. The maximum atomic E-state index is 13.5. The van der Waals surface area contributed by atoms with E-state index in [2.05, 4.69) is 10.6 Å². The predicted molar refractivity (Wildman–Crippen MR) is 145 cm³/mol. The van der Waals surface area contributed by atoms with Crippen LogP contribution in [0.1, 0.15) is 43.4 Å². The minimum atomic E-state index is -1.70. The van der Waals surface area contributed by atoms with E-state index in [-0.39, 0.29) is 24.2 Å². The van der Waals surface area contributed by atoms with Gasteiger partial charge in [0, 0.05) is 17.9 Å². The van der Waals surface area contributed by atoms with E-state index in [0.29, 0.717) is 42.9 Å². The molecule has 0 aliphatic heterocycles. The molecule has 2 aromatic rings. The Bertz CT molecular complexity index is 1090. The van der Waals surface area contributed by atoms with Gasteiger partial charge in [0.2, 0.25) is 17.6 Å². The first-order chi connectivity index (χ1) is 18.2. The molecule has 0 radical (unpaired) electrons. The van der Waals surface area contributed by atoms with E-state index in [1.165, 1.54) is 0 Å². The zero-order valence-electron chi connectivity index (χ0n) is 22.8. The van der Waals surface area contributed by atoms with Crippen LogP contribution in [-0.2, 0) is 28.9 Å². The molecule has 206 valence electrons. The number of carbonyl (C=O) groups excluding carboxylic acids is 2. The molecule has 0 bridgehead atoms. The van der Waals surface area contributed by atoms with Crippen LogP contribution >= 0.6 is 0 Å². The first kappa shape index (κ1) is 29.3. The molecule has 3 atom stereocenters. The molecule has 1 aliphatic rings. The summed E-state index contributed by atoms with van der Waals surface area (Å²) in [6.07, 6.45) is 2.33. The highest BCUT2D eigenvalue weighted by Crippen LogP contribution is 2.45. The van der Waals surface area contributed by atoms with E-state index in [1.807, 2.05) is 50.2 Å². The van der Waals surface area contributed by atoms with Crippen molar-refractivity contribution in [1.29, 1.82) is 0 Å². The summed E-state index contributed by atoms with van der Waals surface area (Å²) in [6, 6.07) is 10.4. The average Bonchev–Trinajstić information content (AvgIpc) is 2.90. The zero-order chi connectivity index (χ0) is 27.8. The molecule has 0 saturated heterocycles. The second-order valence-corrected chi connectivity index (χ2v) is 10.1. The smallest absolute Gasteiger partial charge is 0.475 e. The van der Waals surface area contributed by atoms with E-state index in [1.54, 1.807) is 21.3 Å². The van der Waals surface area contributed by atoms with Crippen molar-refractivity contribution in [2.75, 3.05) is 21.3 Å². The lowest BCUT2D eigenvalue weighted by molar-refractivity contribution is -0.131. The molecule has 0 fully saturated rings. The Kier molecular flexibility index (Phi) is 10.4. The summed E-state index contributed by atoms with van der Waals surface area (Å²) in [6.45, 7) is 3.87. The number of hydrogen-bond donors (Lipinski definition) is 4. The summed E-state index contributed by atoms with van der Waals surface area (Å²) in [5.74, 6) is -0.179. The number of rotatable bonds is 12. The minimum Gasteiger partial charge on any atom is -0.493 e.